The zero-order valence-electron chi connectivity index (χ0n) is 11.0. The van der Waals surface area contributed by atoms with Gasteiger partial charge in [-0.15, -0.1) is 0 Å². The van der Waals surface area contributed by atoms with E-state index in [1.165, 1.54) is 0 Å². The van der Waals surface area contributed by atoms with Crippen molar-refractivity contribution in [1.29, 1.82) is 0 Å². The molecule has 2 aromatic carbocycles. The van der Waals surface area contributed by atoms with Crippen molar-refractivity contribution < 1.29 is 0 Å². The summed E-state index contributed by atoms with van der Waals surface area (Å²) in [6.45, 7) is 0. The lowest BCUT2D eigenvalue weighted by atomic mass is 10.00. The highest BCUT2D eigenvalue weighted by atomic mass is 14.6. The Bertz CT molecular complexity index is 690. The number of hydrogen-bond donors (Lipinski definition) is 2. The van der Waals surface area contributed by atoms with Gasteiger partial charge in [0.15, 0.2) is 0 Å². The van der Waals surface area contributed by atoms with Crippen molar-refractivity contribution in [2.45, 2.75) is 0 Å². The molecular weight excluding hydrogens is 246 g/mol. The van der Waals surface area contributed by atoms with E-state index in [1.807, 2.05) is 60.9 Å². The Morgan fingerprint density at radius 2 is 1.10 bits per heavy atom. The summed E-state index contributed by atoms with van der Waals surface area (Å²) < 4.78 is 0. The molecule has 20 heavy (non-hydrogen) atoms. The highest BCUT2D eigenvalue weighted by Crippen LogP contribution is 2.30. The molecule has 98 valence electrons. The Morgan fingerprint density at radius 1 is 0.650 bits per heavy atom. The Hall–Kier alpha value is -2.81. The third-order valence-corrected chi connectivity index (χ3v) is 3.28. The second-order valence-electron chi connectivity index (χ2n) is 4.64. The zero-order chi connectivity index (χ0) is 13.9. The van der Waals surface area contributed by atoms with Gasteiger partial charge in [-0.3, -0.25) is 4.98 Å². The number of benzene rings is 2. The summed E-state index contributed by atoms with van der Waals surface area (Å²) in [5.74, 6) is 0. The summed E-state index contributed by atoms with van der Waals surface area (Å²) in [5, 5.41) is 0. The van der Waals surface area contributed by atoms with Gasteiger partial charge >= 0.3 is 0 Å². The number of hydrogen-bond acceptors (Lipinski definition) is 3. The average Bonchev–Trinajstić information content (AvgIpc) is 2.48. The average molecular weight is 261 g/mol. The van der Waals surface area contributed by atoms with Crippen LogP contribution in [0.4, 0.5) is 11.4 Å². The lowest BCUT2D eigenvalue weighted by Crippen LogP contribution is -1.92. The molecule has 1 aromatic heterocycles. The minimum absolute atomic E-state index is 0.743. The predicted octanol–water partition coefficient (Wildman–Crippen LogP) is 3.58. The molecule has 1 heterocycles. The van der Waals surface area contributed by atoms with Gasteiger partial charge in [0.05, 0.1) is 0 Å². The van der Waals surface area contributed by atoms with E-state index in [-0.39, 0.29) is 0 Å². The Kier molecular flexibility index (Phi) is 3.09. The topological polar surface area (TPSA) is 64.9 Å². The van der Waals surface area contributed by atoms with Crippen LogP contribution in [0.15, 0.2) is 67.0 Å². The van der Waals surface area contributed by atoms with Gasteiger partial charge in [0, 0.05) is 46.0 Å². The number of nitrogen functional groups attached to an aromatic ring is 2. The van der Waals surface area contributed by atoms with Gasteiger partial charge in [-0.1, -0.05) is 36.4 Å². The van der Waals surface area contributed by atoms with Gasteiger partial charge in [0.1, 0.15) is 0 Å². The lowest BCUT2D eigenvalue weighted by molar-refractivity contribution is 1.33. The fraction of sp³-hybridized carbons (Fsp3) is 0. The molecule has 4 N–H and O–H groups in total. The van der Waals surface area contributed by atoms with Gasteiger partial charge < -0.3 is 11.5 Å². The highest BCUT2D eigenvalue weighted by molar-refractivity contribution is 5.82. The minimum atomic E-state index is 0.743. The maximum atomic E-state index is 6.02. The van der Waals surface area contributed by atoms with Crippen molar-refractivity contribution in [2.24, 2.45) is 0 Å². The van der Waals surface area contributed by atoms with E-state index >= 15 is 0 Å². The molecule has 0 saturated carbocycles. The van der Waals surface area contributed by atoms with Crippen molar-refractivity contribution in [3.05, 3.63) is 67.0 Å². The number of aromatic nitrogens is 1. The van der Waals surface area contributed by atoms with Crippen LogP contribution in [-0.4, -0.2) is 4.98 Å². The number of nitrogens with two attached hydrogens (primary N) is 2. The second kappa shape index (κ2) is 5.05. The first-order valence-corrected chi connectivity index (χ1v) is 6.40. The molecular formula is C17H15N3. The molecule has 0 bridgehead atoms. The van der Waals surface area contributed by atoms with E-state index in [1.54, 1.807) is 0 Å². The van der Waals surface area contributed by atoms with E-state index in [2.05, 4.69) is 11.1 Å². The summed E-state index contributed by atoms with van der Waals surface area (Å²) in [4.78, 5) is 4.31. The monoisotopic (exact) mass is 261 g/mol. The summed E-state index contributed by atoms with van der Waals surface area (Å²) in [6, 6.07) is 17.6. The normalized spacial score (nSPS) is 10.4. The summed E-state index contributed by atoms with van der Waals surface area (Å²) in [6.07, 6.45) is 3.63. The van der Waals surface area contributed by atoms with Crippen LogP contribution < -0.4 is 11.5 Å². The number of anilines is 2. The third kappa shape index (κ3) is 2.21. The van der Waals surface area contributed by atoms with Gasteiger partial charge in [-0.2, -0.15) is 0 Å². The summed E-state index contributed by atoms with van der Waals surface area (Å²) in [7, 11) is 0. The van der Waals surface area contributed by atoms with E-state index in [4.69, 9.17) is 11.5 Å². The molecule has 0 aliphatic heterocycles. The van der Waals surface area contributed by atoms with Crippen LogP contribution in [0.1, 0.15) is 0 Å². The fourth-order valence-electron chi connectivity index (χ4n) is 2.25. The Morgan fingerprint density at radius 3 is 1.55 bits per heavy atom. The van der Waals surface area contributed by atoms with E-state index in [0.717, 1.165) is 33.6 Å². The lowest BCUT2D eigenvalue weighted by Gasteiger charge is -2.09. The maximum Gasteiger partial charge on any atom is 0.0394 e. The van der Waals surface area contributed by atoms with Gasteiger partial charge in [0.25, 0.3) is 0 Å². The van der Waals surface area contributed by atoms with Crippen LogP contribution >= 0.6 is 0 Å². The molecule has 3 heteroatoms. The SMILES string of the molecule is Nc1ccccc1-c1cncc(-c2ccccc2N)c1. The maximum absolute atomic E-state index is 6.02. The zero-order valence-corrected chi connectivity index (χ0v) is 11.0. The highest BCUT2D eigenvalue weighted by Gasteiger charge is 2.06. The molecule has 0 atom stereocenters. The van der Waals surface area contributed by atoms with Crippen molar-refractivity contribution in [1.82, 2.24) is 4.98 Å². The van der Waals surface area contributed by atoms with E-state index < -0.39 is 0 Å². The van der Waals surface area contributed by atoms with Crippen molar-refractivity contribution in [2.75, 3.05) is 11.5 Å². The molecule has 0 radical (unpaired) electrons. The first-order valence-electron chi connectivity index (χ1n) is 6.40. The largest absolute Gasteiger partial charge is 0.398 e. The third-order valence-electron chi connectivity index (χ3n) is 3.28. The van der Waals surface area contributed by atoms with Crippen LogP contribution in [0.2, 0.25) is 0 Å². The molecule has 3 aromatic rings. The summed E-state index contributed by atoms with van der Waals surface area (Å²) in [5.41, 5.74) is 17.5. The van der Waals surface area contributed by atoms with Crippen LogP contribution in [0, 0.1) is 0 Å². The van der Waals surface area contributed by atoms with E-state index in [9.17, 15) is 0 Å². The molecule has 0 amide bonds. The van der Waals surface area contributed by atoms with Gasteiger partial charge in [0.2, 0.25) is 0 Å². The molecule has 0 spiro atoms. The number of nitrogens with zero attached hydrogens (tertiary/aromatic N) is 1. The molecule has 0 aliphatic carbocycles. The molecule has 0 aliphatic rings. The number of para-hydroxylation sites is 2. The van der Waals surface area contributed by atoms with Crippen LogP contribution in [0.25, 0.3) is 22.3 Å². The molecule has 3 rings (SSSR count). The minimum Gasteiger partial charge on any atom is -0.398 e. The first kappa shape index (κ1) is 12.2. The predicted molar refractivity (Wildman–Crippen MR) is 83.9 cm³/mol. The quantitative estimate of drug-likeness (QED) is 0.693. The number of pyridine rings is 1. The smallest absolute Gasteiger partial charge is 0.0394 e. The standard InChI is InChI=1S/C17H15N3/c18-16-7-3-1-5-14(16)12-9-13(11-20-10-12)15-6-2-4-8-17(15)19/h1-11H,18-19H2. The number of rotatable bonds is 2. The van der Waals surface area contributed by atoms with Crippen LogP contribution in [-0.2, 0) is 0 Å². The van der Waals surface area contributed by atoms with Crippen molar-refractivity contribution in [3.63, 3.8) is 0 Å². The molecule has 0 unspecified atom stereocenters. The Balaban J connectivity index is 2.12. The Labute approximate surface area is 117 Å². The fourth-order valence-corrected chi connectivity index (χ4v) is 2.25. The van der Waals surface area contributed by atoms with Crippen LogP contribution in [0.5, 0.6) is 0 Å². The summed E-state index contributed by atoms with van der Waals surface area (Å²) >= 11 is 0. The van der Waals surface area contributed by atoms with Gasteiger partial charge in [-0.25, -0.2) is 0 Å². The first-order chi connectivity index (χ1) is 9.75. The molecule has 3 nitrogen and oxygen atoms in total. The second-order valence-corrected chi connectivity index (χ2v) is 4.64. The van der Waals surface area contributed by atoms with E-state index in [0.29, 0.717) is 0 Å². The van der Waals surface area contributed by atoms with Crippen molar-refractivity contribution in [3.8, 4) is 22.3 Å². The van der Waals surface area contributed by atoms with Crippen molar-refractivity contribution >= 4 is 11.4 Å². The molecule has 0 fully saturated rings. The van der Waals surface area contributed by atoms with Crippen LogP contribution in [0.3, 0.4) is 0 Å². The molecule has 0 saturated heterocycles. The van der Waals surface area contributed by atoms with Gasteiger partial charge in [-0.05, 0) is 18.2 Å².